The van der Waals surface area contributed by atoms with Crippen LogP contribution in [-0.2, 0) is 14.3 Å². The van der Waals surface area contributed by atoms with Crippen LogP contribution < -0.4 is 15.5 Å². The Hall–Kier alpha value is -3.87. The molecule has 7 nitrogen and oxygen atoms in total. The molecule has 1 saturated heterocycles. The smallest absolute Gasteiger partial charge is 0.338 e. The molecule has 5 rings (SSSR count). The maximum atomic E-state index is 12.4. The molecule has 1 fully saturated rings. The highest BCUT2D eigenvalue weighted by Crippen LogP contribution is 2.37. The predicted molar refractivity (Wildman–Crippen MR) is 118 cm³/mol. The molecule has 0 bridgehead atoms. The number of hydrogen-bond acceptors (Lipinski definition) is 5. The fourth-order valence-electron chi connectivity index (χ4n) is 4.24. The van der Waals surface area contributed by atoms with Crippen molar-refractivity contribution in [2.75, 3.05) is 28.7 Å². The van der Waals surface area contributed by atoms with Crippen LogP contribution in [0.2, 0.25) is 0 Å². The van der Waals surface area contributed by atoms with E-state index in [0.29, 0.717) is 11.4 Å². The summed E-state index contributed by atoms with van der Waals surface area (Å²) >= 11 is 0. The van der Waals surface area contributed by atoms with Gasteiger partial charge in [-0.05, 0) is 53.9 Å². The number of amides is 2. The van der Waals surface area contributed by atoms with E-state index in [9.17, 15) is 14.4 Å². The molecule has 0 spiro atoms. The Bertz CT molecular complexity index is 1210. The largest absolute Gasteiger partial charge is 0.452 e. The molecule has 0 saturated carbocycles. The Kier molecular flexibility index (Phi) is 4.78. The zero-order chi connectivity index (χ0) is 21.4. The number of carbonyl (C=O) groups excluding carboxylic acids is 3. The highest BCUT2D eigenvalue weighted by Gasteiger charge is 2.36. The lowest BCUT2D eigenvalue weighted by Crippen LogP contribution is -2.43. The average Bonchev–Trinajstić information content (AvgIpc) is 3.28. The summed E-state index contributed by atoms with van der Waals surface area (Å²) in [5.74, 6) is -1.09. The van der Waals surface area contributed by atoms with Crippen molar-refractivity contribution in [3.63, 3.8) is 0 Å². The first-order valence-corrected chi connectivity index (χ1v) is 10.3. The topological polar surface area (TPSA) is 87.7 Å². The normalized spacial score (nSPS) is 17.0. The number of fused-ring (bicyclic) bond motifs is 4. The highest BCUT2D eigenvalue weighted by atomic mass is 16.5. The second kappa shape index (κ2) is 7.75. The van der Waals surface area contributed by atoms with Gasteiger partial charge in [-0.3, -0.25) is 9.59 Å². The quantitative estimate of drug-likeness (QED) is 0.637. The Morgan fingerprint density at radius 3 is 2.77 bits per heavy atom. The fourth-order valence-corrected chi connectivity index (χ4v) is 4.24. The number of esters is 1. The van der Waals surface area contributed by atoms with Crippen molar-refractivity contribution >= 4 is 45.6 Å². The van der Waals surface area contributed by atoms with Crippen molar-refractivity contribution in [3.05, 3.63) is 66.2 Å². The maximum Gasteiger partial charge on any atom is 0.338 e. The third kappa shape index (κ3) is 3.70. The van der Waals surface area contributed by atoms with Crippen molar-refractivity contribution in [1.29, 1.82) is 0 Å². The number of nitrogens with zero attached hydrogens (tertiary/aromatic N) is 1. The third-order valence-electron chi connectivity index (χ3n) is 5.72. The van der Waals surface area contributed by atoms with Crippen molar-refractivity contribution in [2.45, 2.75) is 18.9 Å². The molecule has 2 amide bonds. The van der Waals surface area contributed by atoms with Crippen LogP contribution >= 0.6 is 0 Å². The summed E-state index contributed by atoms with van der Waals surface area (Å²) in [6, 6.07) is 18.4. The van der Waals surface area contributed by atoms with Gasteiger partial charge in [0.05, 0.1) is 16.9 Å². The highest BCUT2D eigenvalue weighted by molar-refractivity contribution is 6.05. The van der Waals surface area contributed by atoms with Crippen molar-refractivity contribution in [3.8, 4) is 0 Å². The minimum Gasteiger partial charge on any atom is -0.452 e. The molecule has 2 heterocycles. The maximum absolute atomic E-state index is 12.4. The molecule has 7 heteroatoms. The number of benzene rings is 3. The molecule has 3 aromatic carbocycles. The summed E-state index contributed by atoms with van der Waals surface area (Å²) in [6.07, 6.45) is 1.80. The van der Waals surface area contributed by atoms with Crippen LogP contribution in [0.5, 0.6) is 0 Å². The van der Waals surface area contributed by atoms with E-state index in [4.69, 9.17) is 4.74 Å². The number of nitrogens with one attached hydrogen (secondary N) is 2. The van der Waals surface area contributed by atoms with Crippen molar-refractivity contribution < 1.29 is 19.1 Å². The number of anilines is 3. The molecule has 0 radical (unpaired) electrons. The van der Waals surface area contributed by atoms with Gasteiger partial charge in [-0.1, -0.05) is 30.3 Å². The summed E-state index contributed by atoms with van der Waals surface area (Å²) in [4.78, 5) is 39.0. The Morgan fingerprint density at radius 1 is 1.06 bits per heavy atom. The Labute approximate surface area is 179 Å². The van der Waals surface area contributed by atoms with Gasteiger partial charge in [0.15, 0.2) is 6.61 Å². The second-order valence-corrected chi connectivity index (χ2v) is 7.76. The van der Waals surface area contributed by atoms with E-state index in [1.165, 1.54) is 0 Å². The van der Waals surface area contributed by atoms with E-state index in [1.807, 2.05) is 42.5 Å². The van der Waals surface area contributed by atoms with Crippen LogP contribution in [0.3, 0.4) is 0 Å². The molecule has 2 N–H and O–H groups in total. The van der Waals surface area contributed by atoms with Gasteiger partial charge < -0.3 is 20.3 Å². The molecule has 0 aromatic heterocycles. The predicted octanol–water partition coefficient (Wildman–Crippen LogP) is 3.56. The van der Waals surface area contributed by atoms with E-state index in [0.717, 1.165) is 35.8 Å². The Balaban J connectivity index is 1.22. The van der Waals surface area contributed by atoms with Crippen LogP contribution in [0.4, 0.5) is 17.1 Å². The van der Waals surface area contributed by atoms with Crippen LogP contribution in [0.15, 0.2) is 60.7 Å². The second-order valence-electron chi connectivity index (χ2n) is 7.76. The molecular formula is C24H21N3O4. The lowest BCUT2D eigenvalue weighted by Gasteiger charge is -2.33. The van der Waals surface area contributed by atoms with Gasteiger partial charge in [0.1, 0.15) is 6.04 Å². The Morgan fingerprint density at radius 2 is 1.90 bits per heavy atom. The third-order valence-corrected chi connectivity index (χ3v) is 5.72. The SMILES string of the molecule is O=C(COC(=O)c1ccc2c(c1)NC(=O)[C@H]1CCCN21)Nc1ccc2ccccc2c1. The lowest BCUT2D eigenvalue weighted by atomic mass is 10.1. The molecule has 156 valence electrons. The monoisotopic (exact) mass is 415 g/mol. The minimum absolute atomic E-state index is 0.0507. The standard InChI is InChI=1S/C24H21N3O4/c28-22(25-18-9-7-15-4-1-2-5-16(15)12-18)14-31-24(30)17-8-10-20-19(13-17)26-23(29)21-6-3-11-27(20)21/h1-2,4-5,7-10,12-13,21H,3,6,11,14H2,(H,25,28)(H,26,29)/t21-/m1/s1. The molecule has 31 heavy (non-hydrogen) atoms. The molecular weight excluding hydrogens is 394 g/mol. The number of ether oxygens (including phenoxy) is 1. The van der Waals surface area contributed by atoms with Gasteiger partial charge >= 0.3 is 5.97 Å². The summed E-state index contributed by atoms with van der Waals surface area (Å²) in [7, 11) is 0. The van der Waals surface area contributed by atoms with E-state index in [-0.39, 0.29) is 17.5 Å². The zero-order valence-electron chi connectivity index (χ0n) is 16.8. The molecule has 0 aliphatic carbocycles. The van der Waals surface area contributed by atoms with Gasteiger partial charge in [0.25, 0.3) is 5.91 Å². The van der Waals surface area contributed by atoms with Crippen LogP contribution in [0, 0.1) is 0 Å². The van der Waals surface area contributed by atoms with Gasteiger partial charge in [0, 0.05) is 12.2 Å². The number of rotatable bonds is 4. The lowest BCUT2D eigenvalue weighted by molar-refractivity contribution is -0.119. The van der Waals surface area contributed by atoms with Crippen LogP contribution in [0.1, 0.15) is 23.2 Å². The fraction of sp³-hybridized carbons (Fsp3) is 0.208. The van der Waals surface area contributed by atoms with E-state index >= 15 is 0 Å². The zero-order valence-corrected chi connectivity index (χ0v) is 16.8. The van der Waals surface area contributed by atoms with Gasteiger partial charge in [-0.2, -0.15) is 0 Å². The van der Waals surface area contributed by atoms with Crippen molar-refractivity contribution in [1.82, 2.24) is 0 Å². The van der Waals surface area contributed by atoms with Gasteiger partial charge in [-0.15, -0.1) is 0 Å². The summed E-state index contributed by atoms with van der Waals surface area (Å²) in [6.45, 7) is 0.424. The first-order chi connectivity index (χ1) is 15.1. The van der Waals surface area contributed by atoms with E-state index in [2.05, 4.69) is 15.5 Å². The van der Waals surface area contributed by atoms with Gasteiger partial charge in [-0.25, -0.2) is 4.79 Å². The first kappa shape index (κ1) is 19.1. The van der Waals surface area contributed by atoms with Crippen molar-refractivity contribution in [2.24, 2.45) is 0 Å². The minimum atomic E-state index is -0.616. The molecule has 2 aliphatic heterocycles. The average molecular weight is 415 g/mol. The number of hydrogen-bond donors (Lipinski definition) is 2. The molecule has 0 unspecified atom stereocenters. The molecule has 3 aromatic rings. The first-order valence-electron chi connectivity index (χ1n) is 10.3. The number of carbonyl (C=O) groups is 3. The van der Waals surface area contributed by atoms with Gasteiger partial charge in [0.2, 0.25) is 5.91 Å². The van der Waals surface area contributed by atoms with E-state index < -0.39 is 18.5 Å². The van der Waals surface area contributed by atoms with E-state index in [1.54, 1.807) is 18.2 Å². The van der Waals surface area contributed by atoms with Crippen LogP contribution in [-0.4, -0.2) is 37.0 Å². The molecule has 2 aliphatic rings. The molecule has 1 atom stereocenters. The summed E-state index contributed by atoms with van der Waals surface area (Å²) in [5, 5.41) is 7.70. The summed E-state index contributed by atoms with van der Waals surface area (Å²) < 4.78 is 5.18. The van der Waals surface area contributed by atoms with Crippen LogP contribution in [0.25, 0.3) is 10.8 Å². The summed E-state index contributed by atoms with van der Waals surface area (Å²) in [5.41, 5.74) is 2.43.